The zero-order valence-corrected chi connectivity index (χ0v) is 11.6. The lowest BCUT2D eigenvalue weighted by atomic mass is 10.1. The molecule has 21 heavy (non-hydrogen) atoms. The highest BCUT2D eigenvalue weighted by atomic mass is 19.4. The Morgan fingerprint density at radius 3 is 2.62 bits per heavy atom. The Bertz CT molecular complexity index is 488. The van der Waals surface area contributed by atoms with E-state index in [1.807, 2.05) is 6.92 Å². The fourth-order valence-electron chi connectivity index (χ4n) is 1.74. The largest absolute Gasteiger partial charge is 0.416 e. The Labute approximate surface area is 120 Å². The van der Waals surface area contributed by atoms with Crippen LogP contribution in [0.4, 0.5) is 17.6 Å². The summed E-state index contributed by atoms with van der Waals surface area (Å²) in [6.07, 6.45) is -3.20. The second kappa shape index (κ2) is 7.40. The summed E-state index contributed by atoms with van der Waals surface area (Å²) in [6.45, 7) is 2.74. The average Bonchev–Trinajstić information content (AvgIpc) is 2.42. The third-order valence-corrected chi connectivity index (χ3v) is 3.10. The first-order valence-corrected chi connectivity index (χ1v) is 6.60. The average molecular weight is 306 g/mol. The predicted octanol–water partition coefficient (Wildman–Crippen LogP) is 2.95. The number of nitrogens with one attached hydrogen (secondary N) is 1. The normalized spacial score (nSPS) is 13.0. The summed E-state index contributed by atoms with van der Waals surface area (Å²) in [5, 5.41) is 2.41. The van der Waals surface area contributed by atoms with Crippen LogP contribution in [0.15, 0.2) is 18.2 Å². The molecule has 0 aromatic heterocycles. The van der Waals surface area contributed by atoms with Crippen LogP contribution < -0.4 is 11.1 Å². The van der Waals surface area contributed by atoms with Crippen LogP contribution in [0.1, 0.15) is 35.7 Å². The summed E-state index contributed by atoms with van der Waals surface area (Å²) in [5.41, 5.74) is 3.79. The number of alkyl halides is 3. The van der Waals surface area contributed by atoms with Crippen LogP contribution in [0, 0.1) is 11.7 Å². The van der Waals surface area contributed by atoms with Gasteiger partial charge < -0.3 is 11.1 Å². The van der Waals surface area contributed by atoms with Crippen LogP contribution >= 0.6 is 0 Å². The van der Waals surface area contributed by atoms with Crippen molar-refractivity contribution in [3.63, 3.8) is 0 Å². The molecule has 0 saturated carbocycles. The van der Waals surface area contributed by atoms with Gasteiger partial charge in [0, 0.05) is 6.54 Å². The molecule has 0 heterocycles. The van der Waals surface area contributed by atoms with Gasteiger partial charge >= 0.3 is 6.18 Å². The summed E-state index contributed by atoms with van der Waals surface area (Å²) < 4.78 is 51.0. The van der Waals surface area contributed by atoms with Gasteiger partial charge in [-0.25, -0.2) is 4.39 Å². The molecule has 1 aromatic rings. The molecule has 1 atom stereocenters. The van der Waals surface area contributed by atoms with Crippen molar-refractivity contribution in [1.82, 2.24) is 5.32 Å². The van der Waals surface area contributed by atoms with Crippen molar-refractivity contribution in [2.45, 2.75) is 25.9 Å². The number of amides is 1. The molecule has 1 amide bonds. The van der Waals surface area contributed by atoms with Crippen molar-refractivity contribution in [2.75, 3.05) is 13.1 Å². The highest BCUT2D eigenvalue weighted by Crippen LogP contribution is 2.30. The number of nitrogens with two attached hydrogens (primary N) is 1. The van der Waals surface area contributed by atoms with Gasteiger partial charge in [-0.05, 0) is 43.5 Å². The number of benzene rings is 1. The maximum atomic E-state index is 13.5. The second-order valence-corrected chi connectivity index (χ2v) is 4.93. The summed E-state index contributed by atoms with van der Waals surface area (Å²) >= 11 is 0. The van der Waals surface area contributed by atoms with Gasteiger partial charge in [0.25, 0.3) is 5.91 Å². The molecule has 0 saturated heterocycles. The van der Waals surface area contributed by atoms with Crippen molar-refractivity contribution < 1.29 is 22.4 Å². The van der Waals surface area contributed by atoms with Gasteiger partial charge in [0.1, 0.15) is 5.82 Å². The Balaban J connectivity index is 2.65. The van der Waals surface area contributed by atoms with E-state index in [9.17, 15) is 22.4 Å². The minimum absolute atomic E-state index is 0.263. The Hall–Kier alpha value is -1.63. The van der Waals surface area contributed by atoms with Crippen LogP contribution in [-0.4, -0.2) is 19.0 Å². The lowest BCUT2D eigenvalue weighted by Gasteiger charge is -2.11. The standard InChI is InChI=1S/C14H18F4N2O/c1-9(8-19)3-2-6-20-13(21)11-7-10(14(16,17)18)4-5-12(11)15/h4-5,7,9H,2-3,6,8,19H2,1H3,(H,20,21). The van der Waals surface area contributed by atoms with E-state index < -0.39 is 29.0 Å². The zero-order valence-electron chi connectivity index (χ0n) is 11.6. The van der Waals surface area contributed by atoms with E-state index in [-0.39, 0.29) is 6.54 Å². The van der Waals surface area contributed by atoms with Gasteiger partial charge in [-0.3, -0.25) is 4.79 Å². The third-order valence-electron chi connectivity index (χ3n) is 3.10. The number of carbonyl (C=O) groups excluding carboxylic acids is 1. The lowest BCUT2D eigenvalue weighted by Crippen LogP contribution is -2.26. The molecule has 1 aromatic carbocycles. The first kappa shape index (κ1) is 17.4. The molecule has 3 nitrogen and oxygen atoms in total. The Morgan fingerprint density at radius 2 is 2.05 bits per heavy atom. The van der Waals surface area contributed by atoms with Crippen LogP contribution in [0.2, 0.25) is 0 Å². The predicted molar refractivity (Wildman–Crippen MR) is 71.2 cm³/mol. The molecule has 118 valence electrons. The van der Waals surface area contributed by atoms with E-state index in [1.54, 1.807) is 0 Å². The second-order valence-electron chi connectivity index (χ2n) is 4.93. The van der Waals surface area contributed by atoms with E-state index >= 15 is 0 Å². The van der Waals surface area contributed by atoms with Crippen LogP contribution in [0.3, 0.4) is 0 Å². The number of rotatable bonds is 6. The number of halogens is 4. The molecule has 0 radical (unpaired) electrons. The molecule has 0 fully saturated rings. The van der Waals surface area contributed by atoms with Gasteiger partial charge in [0.2, 0.25) is 0 Å². The van der Waals surface area contributed by atoms with Crippen molar-refractivity contribution in [3.05, 3.63) is 35.1 Å². The fourth-order valence-corrected chi connectivity index (χ4v) is 1.74. The molecule has 7 heteroatoms. The van der Waals surface area contributed by atoms with Crippen molar-refractivity contribution >= 4 is 5.91 Å². The third kappa shape index (κ3) is 5.34. The molecule has 0 spiro atoms. The highest BCUT2D eigenvalue weighted by Gasteiger charge is 2.31. The van der Waals surface area contributed by atoms with Gasteiger partial charge in [0.05, 0.1) is 11.1 Å². The molecule has 0 aliphatic carbocycles. The minimum Gasteiger partial charge on any atom is -0.352 e. The summed E-state index contributed by atoms with van der Waals surface area (Å²) in [4.78, 5) is 11.7. The fraction of sp³-hybridized carbons (Fsp3) is 0.500. The van der Waals surface area contributed by atoms with E-state index in [0.29, 0.717) is 37.1 Å². The molecular weight excluding hydrogens is 288 g/mol. The van der Waals surface area contributed by atoms with E-state index in [2.05, 4.69) is 5.32 Å². The highest BCUT2D eigenvalue weighted by molar-refractivity contribution is 5.94. The summed E-state index contributed by atoms with van der Waals surface area (Å²) in [7, 11) is 0. The molecule has 1 rings (SSSR count). The first-order valence-electron chi connectivity index (χ1n) is 6.60. The minimum atomic E-state index is -4.61. The molecular formula is C14H18F4N2O. The van der Waals surface area contributed by atoms with Crippen LogP contribution in [0.5, 0.6) is 0 Å². The molecule has 3 N–H and O–H groups in total. The van der Waals surface area contributed by atoms with Gasteiger partial charge in [-0.15, -0.1) is 0 Å². The van der Waals surface area contributed by atoms with Gasteiger partial charge in [0.15, 0.2) is 0 Å². The quantitative estimate of drug-likeness (QED) is 0.627. The topological polar surface area (TPSA) is 55.1 Å². The Morgan fingerprint density at radius 1 is 1.38 bits per heavy atom. The molecule has 0 aliphatic heterocycles. The number of hydrogen-bond acceptors (Lipinski definition) is 2. The lowest BCUT2D eigenvalue weighted by molar-refractivity contribution is -0.137. The first-order chi connectivity index (χ1) is 9.75. The van der Waals surface area contributed by atoms with E-state index in [1.165, 1.54) is 0 Å². The summed E-state index contributed by atoms with van der Waals surface area (Å²) in [6, 6.07) is 1.77. The SMILES string of the molecule is CC(CN)CCCNC(=O)c1cc(C(F)(F)F)ccc1F. The molecule has 0 aliphatic rings. The molecule has 0 bridgehead atoms. The number of hydrogen-bond donors (Lipinski definition) is 2. The van der Waals surface area contributed by atoms with Gasteiger partial charge in [-0.2, -0.15) is 13.2 Å². The maximum Gasteiger partial charge on any atom is 0.416 e. The zero-order chi connectivity index (χ0) is 16.0. The van der Waals surface area contributed by atoms with Crippen LogP contribution in [-0.2, 0) is 6.18 Å². The van der Waals surface area contributed by atoms with E-state index in [0.717, 1.165) is 6.42 Å². The maximum absolute atomic E-state index is 13.5. The summed E-state index contributed by atoms with van der Waals surface area (Å²) in [5.74, 6) is -1.53. The molecule has 1 unspecified atom stereocenters. The van der Waals surface area contributed by atoms with Crippen molar-refractivity contribution in [2.24, 2.45) is 11.7 Å². The monoisotopic (exact) mass is 306 g/mol. The van der Waals surface area contributed by atoms with Crippen LogP contribution in [0.25, 0.3) is 0 Å². The Kier molecular flexibility index (Phi) is 6.14. The van der Waals surface area contributed by atoms with Gasteiger partial charge in [-0.1, -0.05) is 6.92 Å². The van der Waals surface area contributed by atoms with E-state index in [4.69, 9.17) is 5.73 Å². The van der Waals surface area contributed by atoms with Crippen molar-refractivity contribution in [3.8, 4) is 0 Å². The number of carbonyl (C=O) groups is 1. The van der Waals surface area contributed by atoms with Crippen molar-refractivity contribution in [1.29, 1.82) is 0 Å². The smallest absolute Gasteiger partial charge is 0.352 e.